The molecule has 290 valence electrons. The lowest BCUT2D eigenvalue weighted by atomic mass is 10.1. The Balaban J connectivity index is 1.14. The predicted molar refractivity (Wildman–Crippen MR) is 253 cm³/mol. The maximum Gasteiger partial charge on any atom is 0.166 e. The molecule has 8 heteroatoms. The van der Waals surface area contributed by atoms with E-state index in [1.54, 1.807) is 11.3 Å². The van der Waals surface area contributed by atoms with E-state index in [-0.39, 0.29) is 23.0 Å². The van der Waals surface area contributed by atoms with Gasteiger partial charge in [0.15, 0.2) is 34.9 Å². The van der Waals surface area contributed by atoms with Crippen LogP contribution >= 0.6 is 11.3 Å². The number of para-hydroxylation sites is 2. The number of nitrogens with zero attached hydrogens (tertiary/aromatic N) is 7. The highest BCUT2D eigenvalue weighted by Gasteiger charge is 2.22. The van der Waals surface area contributed by atoms with Gasteiger partial charge >= 0.3 is 0 Å². The first-order valence-electron chi connectivity index (χ1n) is 22.5. The van der Waals surface area contributed by atoms with Gasteiger partial charge in [0.1, 0.15) is 0 Å². The van der Waals surface area contributed by atoms with Gasteiger partial charge in [-0.2, -0.15) is 0 Å². The number of hydrogen-bond donors (Lipinski definition) is 0. The summed E-state index contributed by atoms with van der Waals surface area (Å²) < 4.78 is 47.5. The van der Waals surface area contributed by atoms with Crippen molar-refractivity contribution >= 4 is 53.3 Å². The fraction of sp³-hybridized carbons (Fsp3) is 0. The third-order valence-electron chi connectivity index (χ3n) is 11.0. The molecule has 0 spiro atoms. The van der Waals surface area contributed by atoms with Gasteiger partial charge in [-0.3, -0.25) is 0 Å². The molecule has 4 heterocycles. The molecule has 8 aromatic carbocycles. The summed E-state index contributed by atoms with van der Waals surface area (Å²) in [4.78, 5) is 30.3. The molecule has 0 bridgehead atoms. The van der Waals surface area contributed by atoms with E-state index in [9.17, 15) is 0 Å². The van der Waals surface area contributed by atoms with Crippen LogP contribution in [0, 0.1) is 0 Å². The summed E-state index contributed by atoms with van der Waals surface area (Å²) in [6, 6.07) is 54.1. The summed E-state index contributed by atoms with van der Waals surface area (Å²) in [6.07, 6.45) is 0. The van der Waals surface area contributed by atoms with Crippen LogP contribution in [0.25, 0.3) is 116 Å². The molecule has 12 aromatic rings. The topological polar surface area (TPSA) is 82.3 Å². The van der Waals surface area contributed by atoms with E-state index in [0.717, 1.165) is 43.3 Å². The Morgan fingerprint density at radius 3 is 1.45 bits per heavy atom. The second kappa shape index (κ2) is 14.8. The first kappa shape index (κ1) is 30.8. The molecule has 0 radical (unpaired) electrons. The molecular weight excluding hydrogens is 779 g/mol. The van der Waals surface area contributed by atoms with Gasteiger partial charge in [0.05, 0.1) is 23.6 Å². The van der Waals surface area contributed by atoms with E-state index in [0.29, 0.717) is 34.2 Å². The van der Waals surface area contributed by atoms with Crippen LogP contribution in [0.4, 0.5) is 0 Å². The van der Waals surface area contributed by atoms with E-state index >= 15 is 0 Å². The number of fused-ring (bicyclic) bond motifs is 6. The van der Waals surface area contributed by atoms with E-state index in [1.165, 1.54) is 15.5 Å². The maximum absolute atomic E-state index is 8.87. The summed E-state index contributed by atoms with van der Waals surface area (Å²) in [5.41, 5.74) is 6.16. The Morgan fingerprint density at radius 1 is 0.355 bits per heavy atom. The van der Waals surface area contributed by atoms with Crippen LogP contribution < -0.4 is 0 Å². The molecule has 0 amide bonds. The highest BCUT2D eigenvalue weighted by Crippen LogP contribution is 2.40. The van der Waals surface area contributed by atoms with E-state index in [2.05, 4.69) is 71.3 Å². The van der Waals surface area contributed by atoms with Gasteiger partial charge in [0, 0.05) is 64.3 Å². The van der Waals surface area contributed by atoms with Crippen LogP contribution in [0.1, 0.15) is 6.85 Å². The molecule has 0 fully saturated rings. The maximum atomic E-state index is 8.87. The van der Waals surface area contributed by atoms with E-state index in [4.69, 9.17) is 36.8 Å². The largest absolute Gasteiger partial charge is 0.309 e. The fourth-order valence-corrected chi connectivity index (χ4v) is 9.28. The van der Waals surface area contributed by atoms with Gasteiger partial charge in [0.2, 0.25) is 0 Å². The van der Waals surface area contributed by atoms with Gasteiger partial charge in [-0.25, -0.2) is 29.9 Å². The van der Waals surface area contributed by atoms with E-state index in [1.807, 2.05) is 103 Å². The van der Waals surface area contributed by atoms with Crippen LogP contribution in [0.5, 0.6) is 0 Å². The third kappa shape index (κ3) is 6.20. The Hall–Kier alpha value is -8.20. The number of benzene rings is 8. The van der Waals surface area contributed by atoms with Crippen molar-refractivity contribution in [2.75, 3.05) is 0 Å². The number of thiophene rings is 1. The van der Waals surface area contributed by atoms with Crippen LogP contribution in [0.15, 0.2) is 200 Å². The molecular formula is C54H33N7S. The van der Waals surface area contributed by atoms with E-state index < -0.39 is 30.2 Å². The SMILES string of the molecule is [2H]c1c([2H])c([2H])c(-c2nc(-c3ccccc3)nc(-c3ccc(-n4c5ccccc5c5ccccc54)c(-c4nc(-c5ccccc5)nc(-c5ccc6c(c5)sc5ccccc56)n4)c3)n2)c([2H])c1[2H]. The normalized spacial score (nSPS) is 12.7. The van der Waals surface area contributed by atoms with Crippen molar-refractivity contribution in [3.05, 3.63) is 200 Å². The Labute approximate surface area is 367 Å². The average molecular weight is 817 g/mol. The monoisotopic (exact) mass is 816 g/mol. The first-order valence-corrected chi connectivity index (χ1v) is 20.9. The summed E-state index contributed by atoms with van der Waals surface area (Å²) in [5.74, 6) is 1.83. The molecule has 0 N–H and O–H groups in total. The molecule has 62 heavy (non-hydrogen) atoms. The summed E-state index contributed by atoms with van der Waals surface area (Å²) >= 11 is 1.73. The quantitative estimate of drug-likeness (QED) is 0.159. The molecule has 4 aromatic heterocycles. The van der Waals surface area contributed by atoms with Crippen molar-refractivity contribution in [2.45, 2.75) is 0 Å². The number of rotatable bonds is 7. The highest BCUT2D eigenvalue weighted by atomic mass is 32.1. The van der Waals surface area contributed by atoms with Crippen LogP contribution in [-0.4, -0.2) is 34.5 Å². The molecule has 0 aliphatic heterocycles. The first-order chi connectivity index (χ1) is 32.8. The third-order valence-corrected chi connectivity index (χ3v) is 12.1. The van der Waals surface area contributed by atoms with Crippen molar-refractivity contribution in [3.8, 4) is 74.0 Å². The minimum atomic E-state index is -0.503. The Bertz CT molecular complexity index is 3870. The van der Waals surface area contributed by atoms with Crippen molar-refractivity contribution in [3.63, 3.8) is 0 Å². The Kier molecular flexibility index (Phi) is 7.35. The van der Waals surface area contributed by atoms with Gasteiger partial charge in [-0.15, -0.1) is 11.3 Å². The fourth-order valence-electron chi connectivity index (χ4n) is 8.13. The molecule has 12 rings (SSSR count). The molecule has 0 saturated carbocycles. The molecule has 0 atom stereocenters. The van der Waals surface area contributed by atoms with Crippen LogP contribution in [0.2, 0.25) is 0 Å². The van der Waals surface area contributed by atoms with Crippen molar-refractivity contribution < 1.29 is 6.85 Å². The summed E-state index contributed by atoms with van der Waals surface area (Å²) in [6.45, 7) is 0. The lowest BCUT2D eigenvalue weighted by Crippen LogP contribution is -2.05. The molecule has 0 saturated heterocycles. The average Bonchev–Trinajstić information content (AvgIpc) is 3.93. The molecule has 0 aliphatic carbocycles. The summed E-state index contributed by atoms with van der Waals surface area (Å²) in [7, 11) is 0. The van der Waals surface area contributed by atoms with Gasteiger partial charge < -0.3 is 4.57 Å². The predicted octanol–water partition coefficient (Wildman–Crippen LogP) is 13.5. The lowest BCUT2D eigenvalue weighted by molar-refractivity contribution is 1.06. The molecule has 0 aliphatic rings. The van der Waals surface area contributed by atoms with Crippen molar-refractivity contribution in [1.82, 2.24) is 34.5 Å². The molecule has 7 nitrogen and oxygen atoms in total. The van der Waals surface area contributed by atoms with Crippen molar-refractivity contribution in [1.29, 1.82) is 0 Å². The second-order valence-electron chi connectivity index (χ2n) is 14.8. The lowest BCUT2D eigenvalue weighted by Gasteiger charge is -2.16. The van der Waals surface area contributed by atoms with Gasteiger partial charge in [0.25, 0.3) is 0 Å². The zero-order valence-corrected chi connectivity index (χ0v) is 33.5. The number of aromatic nitrogens is 7. The van der Waals surface area contributed by atoms with Gasteiger partial charge in [-0.1, -0.05) is 158 Å². The summed E-state index contributed by atoms with van der Waals surface area (Å²) in [5, 5.41) is 4.53. The zero-order valence-electron chi connectivity index (χ0n) is 37.7. The van der Waals surface area contributed by atoms with Gasteiger partial charge in [-0.05, 0) is 42.5 Å². The second-order valence-corrected chi connectivity index (χ2v) is 15.8. The standard InChI is InChI=1S/C54H33N7S/c1-4-16-34(17-5-1)49-55-50(35-18-6-2-7-19-35)57-52(56-49)37-29-31-46(61-44-25-13-10-22-39(44)40-23-11-14-26-45(40)61)43(32-37)54-59-51(36-20-8-3-9-21-36)58-53(60-54)38-28-30-42-41-24-12-15-27-47(41)62-48(42)33-38/h1-33H/i1D,4D,5D,16D,17D. The molecule has 0 unspecified atom stereocenters. The highest BCUT2D eigenvalue weighted by molar-refractivity contribution is 7.25. The number of hydrogen-bond acceptors (Lipinski definition) is 7. The minimum absolute atomic E-state index is 0.0562. The minimum Gasteiger partial charge on any atom is -0.309 e. The van der Waals surface area contributed by atoms with Crippen molar-refractivity contribution in [2.24, 2.45) is 0 Å². The smallest absolute Gasteiger partial charge is 0.166 e. The zero-order chi connectivity index (χ0) is 45.3. The van der Waals surface area contributed by atoms with Crippen LogP contribution in [-0.2, 0) is 0 Å². The van der Waals surface area contributed by atoms with Crippen LogP contribution in [0.3, 0.4) is 0 Å². The Morgan fingerprint density at radius 2 is 0.823 bits per heavy atom.